The molecule has 0 spiro atoms. The van der Waals surface area contributed by atoms with Gasteiger partial charge in [-0.2, -0.15) is 10.2 Å². The molecule has 80 valence electrons. The maximum atomic E-state index is 4.29. The standard InChI is InChI=1S/C10H15N5/c1-8-9(7-14(2)13-8)6-11-10-4-5-12-15(10)3/h4-5,7,11H,6H2,1-3H3. The molecule has 5 nitrogen and oxygen atoms in total. The van der Waals surface area contributed by atoms with Gasteiger partial charge in [0.05, 0.1) is 11.9 Å². The van der Waals surface area contributed by atoms with Gasteiger partial charge in [0, 0.05) is 38.5 Å². The minimum atomic E-state index is 0.777. The second kappa shape index (κ2) is 3.76. The van der Waals surface area contributed by atoms with E-state index in [1.165, 1.54) is 5.56 Å². The van der Waals surface area contributed by atoms with Crippen molar-refractivity contribution >= 4 is 5.82 Å². The Bertz CT molecular complexity index is 454. The Labute approximate surface area is 88.7 Å². The maximum absolute atomic E-state index is 4.29. The fourth-order valence-corrected chi connectivity index (χ4v) is 1.56. The monoisotopic (exact) mass is 205 g/mol. The third kappa shape index (κ3) is 2.01. The molecule has 2 aromatic rings. The van der Waals surface area contributed by atoms with Gasteiger partial charge in [0.2, 0.25) is 0 Å². The molecule has 0 bridgehead atoms. The van der Waals surface area contributed by atoms with Gasteiger partial charge in [0.25, 0.3) is 0 Å². The van der Waals surface area contributed by atoms with E-state index >= 15 is 0 Å². The van der Waals surface area contributed by atoms with Crippen molar-refractivity contribution in [2.24, 2.45) is 14.1 Å². The Morgan fingerprint density at radius 3 is 2.73 bits per heavy atom. The molecule has 0 aliphatic heterocycles. The first-order valence-corrected chi connectivity index (χ1v) is 4.88. The lowest BCUT2D eigenvalue weighted by Gasteiger charge is -2.04. The van der Waals surface area contributed by atoms with Gasteiger partial charge in [-0.05, 0) is 6.92 Å². The molecule has 2 rings (SSSR count). The number of nitrogens with zero attached hydrogens (tertiary/aromatic N) is 4. The summed E-state index contributed by atoms with van der Waals surface area (Å²) < 4.78 is 3.64. The largest absolute Gasteiger partial charge is 0.366 e. The SMILES string of the molecule is Cc1nn(C)cc1CNc1ccnn1C. The molecule has 0 aliphatic rings. The van der Waals surface area contributed by atoms with Crippen molar-refractivity contribution in [3.8, 4) is 0 Å². The molecule has 0 amide bonds. The number of rotatable bonds is 3. The highest BCUT2D eigenvalue weighted by atomic mass is 15.3. The first-order valence-electron chi connectivity index (χ1n) is 4.88. The van der Waals surface area contributed by atoms with Crippen LogP contribution in [0.4, 0.5) is 5.82 Å². The number of hydrogen-bond donors (Lipinski definition) is 1. The minimum Gasteiger partial charge on any atom is -0.366 e. The lowest BCUT2D eigenvalue weighted by molar-refractivity contribution is 0.756. The molecule has 0 radical (unpaired) electrons. The quantitative estimate of drug-likeness (QED) is 0.815. The maximum Gasteiger partial charge on any atom is 0.124 e. The number of aryl methyl sites for hydroxylation is 3. The van der Waals surface area contributed by atoms with Crippen LogP contribution in [-0.4, -0.2) is 19.6 Å². The lowest BCUT2D eigenvalue weighted by atomic mass is 10.2. The smallest absolute Gasteiger partial charge is 0.124 e. The second-order valence-electron chi connectivity index (χ2n) is 3.61. The summed E-state index contributed by atoms with van der Waals surface area (Å²) in [4.78, 5) is 0. The summed E-state index contributed by atoms with van der Waals surface area (Å²) in [6.45, 7) is 2.79. The Balaban J connectivity index is 2.05. The van der Waals surface area contributed by atoms with Gasteiger partial charge < -0.3 is 5.32 Å². The summed E-state index contributed by atoms with van der Waals surface area (Å²) in [5.41, 5.74) is 2.27. The summed E-state index contributed by atoms with van der Waals surface area (Å²) in [5, 5.41) is 11.7. The van der Waals surface area contributed by atoms with Crippen LogP contribution in [0.15, 0.2) is 18.5 Å². The van der Waals surface area contributed by atoms with E-state index in [0.29, 0.717) is 0 Å². The third-order valence-electron chi connectivity index (χ3n) is 2.40. The molecule has 0 atom stereocenters. The highest BCUT2D eigenvalue weighted by Gasteiger charge is 2.03. The summed E-state index contributed by atoms with van der Waals surface area (Å²) >= 11 is 0. The van der Waals surface area contributed by atoms with Crippen molar-refractivity contribution in [1.82, 2.24) is 19.6 Å². The predicted octanol–water partition coefficient (Wildman–Crippen LogP) is 1.07. The Morgan fingerprint density at radius 2 is 2.20 bits per heavy atom. The van der Waals surface area contributed by atoms with Gasteiger partial charge in [-0.25, -0.2) is 0 Å². The molecule has 1 N–H and O–H groups in total. The zero-order valence-electron chi connectivity index (χ0n) is 9.23. The molecule has 15 heavy (non-hydrogen) atoms. The van der Waals surface area contributed by atoms with Crippen LogP contribution in [0.2, 0.25) is 0 Å². The van der Waals surface area contributed by atoms with Crippen molar-refractivity contribution in [2.45, 2.75) is 13.5 Å². The van der Waals surface area contributed by atoms with Crippen LogP contribution < -0.4 is 5.32 Å². The van der Waals surface area contributed by atoms with Crippen LogP contribution in [-0.2, 0) is 20.6 Å². The van der Waals surface area contributed by atoms with Crippen molar-refractivity contribution in [3.05, 3.63) is 29.7 Å². The van der Waals surface area contributed by atoms with Crippen molar-refractivity contribution < 1.29 is 0 Å². The third-order valence-corrected chi connectivity index (χ3v) is 2.40. The fourth-order valence-electron chi connectivity index (χ4n) is 1.56. The zero-order valence-corrected chi connectivity index (χ0v) is 9.23. The predicted molar refractivity (Wildman–Crippen MR) is 58.5 cm³/mol. The van der Waals surface area contributed by atoms with Crippen molar-refractivity contribution in [1.29, 1.82) is 0 Å². The first-order chi connectivity index (χ1) is 7.16. The summed E-state index contributed by atoms with van der Waals surface area (Å²) in [6, 6.07) is 1.95. The molecule has 0 aromatic carbocycles. The average molecular weight is 205 g/mol. The first kappa shape index (κ1) is 9.76. The van der Waals surface area contributed by atoms with E-state index < -0.39 is 0 Å². The molecule has 0 aliphatic carbocycles. The average Bonchev–Trinajstić information content (AvgIpc) is 2.70. The summed E-state index contributed by atoms with van der Waals surface area (Å²) in [5.74, 6) is 1.01. The molecule has 0 saturated carbocycles. The number of anilines is 1. The number of aromatic nitrogens is 4. The minimum absolute atomic E-state index is 0.777. The molecule has 0 unspecified atom stereocenters. The summed E-state index contributed by atoms with van der Waals surface area (Å²) in [6.07, 6.45) is 3.80. The topological polar surface area (TPSA) is 47.7 Å². The van der Waals surface area contributed by atoms with Crippen LogP contribution in [0.1, 0.15) is 11.3 Å². The highest BCUT2D eigenvalue weighted by molar-refractivity contribution is 5.35. The van der Waals surface area contributed by atoms with Crippen LogP contribution in [0.5, 0.6) is 0 Å². The van der Waals surface area contributed by atoms with E-state index in [0.717, 1.165) is 18.1 Å². The zero-order chi connectivity index (χ0) is 10.8. The van der Waals surface area contributed by atoms with Crippen LogP contribution >= 0.6 is 0 Å². The van der Waals surface area contributed by atoms with Crippen molar-refractivity contribution in [2.75, 3.05) is 5.32 Å². The Kier molecular flexibility index (Phi) is 2.45. The molecule has 0 fully saturated rings. The second-order valence-corrected chi connectivity index (χ2v) is 3.61. The van der Waals surface area contributed by atoms with Gasteiger partial charge >= 0.3 is 0 Å². The molecular formula is C10H15N5. The van der Waals surface area contributed by atoms with Gasteiger partial charge in [-0.3, -0.25) is 9.36 Å². The van der Waals surface area contributed by atoms with Gasteiger partial charge in [0.1, 0.15) is 5.82 Å². The van der Waals surface area contributed by atoms with Gasteiger partial charge in [-0.15, -0.1) is 0 Å². The van der Waals surface area contributed by atoms with Crippen molar-refractivity contribution in [3.63, 3.8) is 0 Å². The van der Waals surface area contributed by atoms with E-state index in [2.05, 4.69) is 15.5 Å². The van der Waals surface area contributed by atoms with E-state index in [1.807, 2.05) is 42.6 Å². The Morgan fingerprint density at radius 1 is 1.40 bits per heavy atom. The van der Waals surface area contributed by atoms with E-state index in [9.17, 15) is 0 Å². The Hall–Kier alpha value is -1.78. The van der Waals surface area contributed by atoms with E-state index in [-0.39, 0.29) is 0 Å². The van der Waals surface area contributed by atoms with Crippen LogP contribution in [0.25, 0.3) is 0 Å². The van der Waals surface area contributed by atoms with Gasteiger partial charge in [0.15, 0.2) is 0 Å². The molecule has 0 saturated heterocycles. The molecule has 2 aromatic heterocycles. The number of nitrogens with one attached hydrogen (secondary N) is 1. The van der Waals surface area contributed by atoms with Crippen LogP contribution in [0.3, 0.4) is 0 Å². The van der Waals surface area contributed by atoms with Crippen LogP contribution in [0, 0.1) is 6.92 Å². The van der Waals surface area contributed by atoms with E-state index in [1.54, 1.807) is 6.20 Å². The van der Waals surface area contributed by atoms with Gasteiger partial charge in [-0.1, -0.05) is 0 Å². The van der Waals surface area contributed by atoms with E-state index in [4.69, 9.17) is 0 Å². The highest BCUT2D eigenvalue weighted by Crippen LogP contribution is 2.09. The fraction of sp³-hybridized carbons (Fsp3) is 0.400. The number of hydrogen-bond acceptors (Lipinski definition) is 3. The lowest BCUT2D eigenvalue weighted by Crippen LogP contribution is -2.04. The summed E-state index contributed by atoms with van der Waals surface area (Å²) in [7, 11) is 3.85. The molecule has 2 heterocycles. The normalized spacial score (nSPS) is 10.6. The molecule has 5 heteroatoms. The molecular weight excluding hydrogens is 190 g/mol.